The molecule has 2 aliphatic rings. The maximum Gasteiger partial charge on any atom is 0.407 e. The second-order valence-electron chi connectivity index (χ2n) is 7.99. The Morgan fingerprint density at radius 3 is 2.39 bits per heavy atom. The number of imide groups is 1. The summed E-state index contributed by atoms with van der Waals surface area (Å²) in [6.07, 6.45) is 0.706. The van der Waals surface area contributed by atoms with Gasteiger partial charge in [-0.15, -0.1) is 0 Å². The average molecular weight is 418 g/mol. The van der Waals surface area contributed by atoms with Gasteiger partial charge in [0.1, 0.15) is 5.82 Å². The van der Waals surface area contributed by atoms with Crippen LogP contribution in [-0.4, -0.2) is 62.0 Å². The fourth-order valence-electron chi connectivity index (χ4n) is 4.64. The summed E-state index contributed by atoms with van der Waals surface area (Å²) in [5, 5.41) is 9.42. The minimum atomic E-state index is -0.918. The minimum Gasteiger partial charge on any atom is -0.465 e. The number of fused-ring (bicyclic) bond motifs is 2. The molecule has 2 aliphatic heterocycles. The first-order valence-electron chi connectivity index (χ1n) is 10.4. The molecule has 8 heteroatoms. The van der Waals surface area contributed by atoms with E-state index in [2.05, 4.69) is 0 Å². The molecular weight excluding hydrogens is 396 g/mol. The van der Waals surface area contributed by atoms with E-state index in [9.17, 15) is 19.5 Å². The van der Waals surface area contributed by atoms with Gasteiger partial charge >= 0.3 is 6.09 Å². The first-order chi connectivity index (χ1) is 15.0. The van der Waals surface area contributed by atoms with E-state index in [-0.39, 0.29) is 24.3 Å². The number of rotatable bonds is 4. The lowest BCUT2D eigenvalue weighted by atomic mass is 9.97. The highest BCUT2D eigenvalue weighted by Gasteiger charge is 2.35. The van der Waals surface area contributed by atoms with Crippen molar-refractivity contribution in [2.24, 2.45) is 0 Å². The zero-order chi connectivity index (χ0) is 21.5. The average Bonchev–Trinajstić information content (AvgIpc) is 3.28. The maximum absolute atomic E-state index is 12.7. The molecule has 3 aromatic rings. The molecule has 0 saturated carbocycles. The zero-order valence-electron chi connectivity index (χ0n) is 16.9. The predicted octanol–water partition coefficient (Wildman–Crippen LogP) is 3.19. The topological polar surface area (TPSA) is 95.7 Å². The van der Waals surface area contributed by atoms with Crippen molar-refractivity contribution in [3.05, 3.63) is 65.5 Å². The molecule has 1 N–H and O–H groups in total. The van der Waals surface area contributed by atoms with Crippen LogP contribution in [0.4, 0.5) is 4.79 Å². The van der Waals surface area contributed by atoms with Gasteiger partial charge in [-0.2, -0.15) is 0 Å². The van der Waals surface area contributed by atoms with Crippen LogP contribution in [0.1, 0.15) is 45.3 Å². The highest BCUT2D eigenvalue weighted by molar-refractivity contribution is 6.21. The first-order valence-corrected chi connectivity index (χ1v) is 10.4. The van der Waals surface area contributed by atoms with Crippen molar-refractivity contribution in [3.63, 3.8) is 0 Å². The monoisotopic (exact) mass is 418 g/mol. The lowest BCUT2D eigenvalue weighted by molar-refractivity contribution is 0.0648. The number of nitrogens with zero attached hydrogens (tertiary/aromatic N) is 4. The number of carboxylic acid groups (broad SMARTS) is 1. The molecule has 1 saturated heterocycles. The van der Waals surface area contributed by atoms with Crippen LogP contribution in [0.25, 0.3) is 11.0 Å². The highest BCUT2D eigenvalue weighted by Crippen LogP contribution is 2.30. The summed E-state index contributed by atoms with van der Waals surface area (Å²) in [4.78, 5) is 44.5. The third-order valence-corrected chi connectivity index (χ3v) is 6.17. The number of hydrogen-bond acceptors (Lipinski definition) is 4. The molecule has 0 bridgehead atoms. The van der Waals surface area contributed by atoms with Gasteiger partial charge in [-0.1, -0.05) is 24.3 Å². The molecule has 158 valence electrons. The van der Waals surface area contributed by atoms with E-state index in [0.717, 1.165) is 29.7 Å². The molecule has 31 heavy (non-hydrogen) atoms. The largest absolute Gasteiger partial charge is 0.465 e. The molecule has 3 amide bonds. The van der Waals surface area contributed by atoms with Gasteiger partial charge in [0.25, 0.3) is 11.8 Å². The zero-order valence-corrected chi connectivity index (χ0v) is 16.9. The molecule has 5 rings (SSSR count). The Labute approximate surface area is 178 Å². The number of benzene rings is 2. The van der Waals surface area contributed by atoms with Crippen LogP contribution in [-0.2, 0) is 6.54 Å². The van der Waals surface area contributed by atoms with Crippen molar-refractivity contribution in [1.29, 1.82) is 0 Å². The van der Waals surface area contributed by atoms with Crippen molar-refractivity contribution in [2.75, 3.05) is 19.6 Å². The molecule has 1 unspecified atom stereocenters. The van der Waals surface area contributed by atoms with Gasteiger partial charge in [0, 0.05) is 32.1 Å². The molecule has 8 nitrogen and oxygen atoms in total. The molecule has 1 aromatic heterocycles. The van der Waals surface area contributed by atoms with E-state index in [1.807, 2.05) is 28.8 Å². The van der Waals surface area contributed by atoms with Crippen LogP contribution < -0.4 is 0 Å². The third kappa shape index (κ3) is 3.24. The fraction of sp³-hybridized carbons (Fsp3) is 0.304. The standard InChI is InChI=1S/C23H22N4O4/c28-21-16-7-1-2-8-17(16)22(29)27(21)13-12-26-19-10-4-3-9-18(19)24-20(26)15-6-5-11-25(14-15)23(30)31/h1-4,7-10,15H,5-6,11-14H2,(H,30,31). The first kappa shape index (κ1) is 19.3. The van der Waals surface area contributed by atoms with Crippen molar-refractivity contribution < 1.29 is 19.5 Å². The number of hydrogen-bond donors (Lipinski definition) is 1. The number of amides is 3. The Kier molecular flexibility index (Phi) is 4.69. The van der Waals surface area contributed by atoms with E-state index in [1.54, 1.807) is 24.3 Å². The predicted molar refractivity (Wildman–Crippen MR) is 113 cm³/mol. The summed E-state index contributed by atoms with van der Waals surface area (Å²) < 4.78 is 2.04. The number of para-hydroxylation sites is 2. The molecule has 1 fully saturated rings. The summed E-state index contributed by atoms with van der Waals surface area (Å²) in [7, 11) is 0. The lowest BCUT2D eigenvalue weighted by Gasteiger charge is -2.30. The van der Waals surface area contributed by atoms with E-state index in [0.29, 0.717) is 30.8 Å². The van der Waals surface area contributed by atoms with Gasteiger partial charge in [-0.25, -0.2) is 9.78 Å². The third-order valence-electron chi connectivity index (χ3n) is 6.17. The molecule has 2 aromatic carbocycles. The Balaban J connectivity index is 1.45. The molecule has 0 aliphatic carbocycles. The number of carbonyl (C=O) groups is 3. The van der Waals surface area contributed by atoms with E-state index in [1.165, 1.54) is 9.80 Å². The highest BCUT2D eigenvalue weighted by atomic mass is 16.4. The quantitative estimate of drug-likeness (QED) is 0.657. The van der Waals surface area contributed by atoms with Crippen molar-refractivity contribution >= 4 is 28.9 Å². The van der Waals surface area contributed by atoms with Crippen LogP contribution in [0.3, 0.4) is 0 Å². The molecule has 0 radical (unpaired) electrons. The van der Waals surface area contributed by atoms with E-state index < -0.39 is 6.09 Å². The van der Waals surface area contributed by atoms with Gasteiger partial charge in [0.15, 0.2) is 0 Å². The minimum absolute atomic E-state index is 0.0283. The van der Waals surface area contributed by atoms with Gasteiger partial charge < -0.3 is 14.6 Å². The summed E-state index contributed by atoms with van der Waals surface area (Å²) in [6, 6.07) is 14.6. The lowest BCUT2D eigenvalue weighted by Crippen LogP contribution is -2.39. The Morgan fingerprint density at radius 1 is 1.00 bits per heavy atom. The molecule has 3 heterocycles. The smallest absolute Gasteiger partial charge is 0.407 e. The number of likely N-dealkylation sites (tertiary alicyclic amines) is 1. The van der Waals surface area contributed by atoms with Gasteiger partial charge in [0.2, 0.25) is 0 Å². The van der Waals surface area contributed by atoms with Crippen molar-refractivity contribution in [1.82, 2.24) is 19.4 Å². The second kappa shape index (κ2) is 7.54. The molecule has 1 atom stereocenters. The van der Waals surface area contributed by atoms with Crippen molar-refractivity contribution in [2.45, 2.75) is 25.3 Å². The number of piperidine rings is 1. The van der Waals surface area contributed by atoms with Crippen LogP contribution in [0, 0.1) is 0 Å². The van der Waals surface area contributed by atoms with Crippen LogP contribution in [0.5, 0.6) is 0 Å². The van der Waals surface area contributed by atoms with Crippen LogP contribution in [0.2, 0.25) is 0 Å². The van der Waals surface area contributed by atoms with Gasteiger partial charge in [-0.3, -0.25) is 14.5 Å². The van der Waals surface area contributed by atoms with Crippen LogP contribution >= 0.6 is 0 Å². The van der Waals surface area contributed by atoms with E-state index >= 15 is 0 Å². The Morgan fingerprint density at radius 2 is 1.68 bits per heavy atom. The SMILES string of the molecule is O=C(O)N1CCCC(c2nc3ccccc3n2CCN2C(=O)c3ccccc3C2=O)C1. The Hall–Kier alpha value is -3.68. The second-order valence-corrected chi connectivity index (χ2v) is 7.99. The molecule has 0 spiro atoms. The number of imidazole rings is 1. The maximum atomic E-state index is 12.7. The summed E-state index contributed by atoms with van der Waals surface area (Å²) in [5.41, 5.74) is 2.62. The van der Waals surface area contributed by atoms with Gasteiger partial charge in [-0.05, 0) is 37.1 Å². The summed E-state index contributed by atoms with van der Waals surface area (Å²) in [5.74, 6) is 0.228. The van der Waals surface area contributed by atoms with Crippen molar-refractivity contribution in [3.8, 4) is 0 Å². The van der Waals surface area contributed by atoms with E-state index in [4.69, 9.17) is 4.98 Å². The fourth-order valence-corrected chi connectivity index (χ4v) is 4.64. The van der Waals surface area contributed by atoms with Crippen LogP contribution in [0.15, 0.2) is 48.5 Å². The normalized spacial score (nSPS) is 18.6. The number of carbonyl (C=O) groups excluding carboxylic acids is 2. The van der Waals surface area contributed by atoms with Gasteiger partial charge in [0.05, 0.1) is 22.2 Å². The Bertz CT molecular complexity index is 1170. The summed E-state index contributed by atoms with van der Waals surface area (Å²) in [6.45, 7) is 1.56. The molecular formula is C23H22N4O4. The number of aromatic nitrogens is 2. The summed E-state index contributed by atoms with van der Waals surface area (Å²) >= 11 is 0.